The number of piperidine rings is 1. The van der Waals surface area contributed by atoms with Crippen LogP contribution in [0.3, 0.4) is 0 Å². The normalized spacial score (nSPS) is 18.9. The minimum absolute atomic E-state index is 0. The van der Waals surface area contributed by atoms with Crippen molar-refractivity contribution < 1.29 is 0 Å². The molecular weight excluding hydrogens is 531 g/mol. The van der Waals surface area contributed by atoms with Gasteiger partial charge in [-0.1, -0.05) is 19.1 Å². The maximum atomic E-state index is 4.71. The molecule has 176 valence electrons. The molecule has 2 saturated heterocycles. The highest BCUT2D eigenvalue weighted by Crippen LogP contribution is 2.27. The zero-order chi connectivity index (χ0) is 21.5. The zero-order valence-corrected chi connectivity index (χ0v) is 22.4. The standard InChI is InChI=1S/C24H36N6S.HI/c1-19-9-13-30(14-10-19)23-8-7-20(16-26-23)17-27-24(25-2)28-18-21(22-6-5-15-31-22)29-11-3-4-12-29;/h5-8,15-16,19,21H,3-4,9-14,17-18H2,1-2H3,(H2,25,27,28);1H. The number of thiophene rings is 1. The molecule has 1 unspecified atom stereocenters. The van der Waals surface area contributed by atoms with Crippen LogP contribution in [-0.4, -0.2) is 55.6 Å². The average molecular weight is 569 g/mol. The van der Waals surface area contributed by atoms with E-state index in [1.165, 1.54) is 49.2 Å². The van der Waals surface area contributed by atoms with Crippen LogP contribution in [0.15, 0.2) is 40.8 Å². The number of aromatic nitrogens is 1. The average Bonchev–Trinajstić information content (AvgIpc) is 3.52. The van der Waals surface area contributed by atoms with E-state index in [9.17, 15) is 0 Å². The van der Waals surface area contributed by atoms with Gasteiger partial charge in [-0.05, 0) is 67.8 Å². The zero-order valence-electron chi connectivity index (χ0n) is 19.3. The Kier molecular flexibility index (Phi) is 10.1. The summed E-state index contributed by atoms with van der Waals surface area (Å²) in [6.45, 7) is 8.53. The predicted molar refractivity (Wildman–Crippen MR) is 146 cm³/mol. The summed E-state index contributed by atoms with van der Waals surface area (Å²) < 4.78 is 0. The van der Waals surface area contributed by atoms with E-state index in [1.807, 2.05) is 24.6 Å². The van der Waals surface area contributed by atoms with Crippen molar-refractivity contribution in [2.75, 3.05) is 44.7 Å². The van der Waals surface area contributed by atoms with Crippen molar-refractivity contribution in [3.8, 4) is 0 Å². The molecule has 0 bridgehead atoms. The van der Waals surface area contributed by atoms with E-state index < -0.39 is 0 Å². The summed E-state index contributed by atoms with van der Waals surface area (Å²) in [5.41, 5.74) is 1.17. The lowest BCUT2D eigenvalue weighted by molar-refractivity contribution is 0.249. The van der Waals surface area contributed by atoms with E-state index in [0.717, 1.165) is 43.9 Å². The molecule has 0 aliphatic carbocycles. The lowest BCUT2D eigenvalue weighted by Gasteiger charge is -2.31. The highest BCUT2D eigenvalue weighted by atomic mass is 127. The Hall–Kier alpha value is -1.39. The maximum Gasteiger partial charge on any atom is 0.191 e. The van der Waals surface area contributed by atoms with Gasteiger partial charge in [0.25, 0.3) is 0 Å². The molecule has 0 aromatic carbocycles. The second-order valence-corrected chi connectivity index (χ2v) is 9.75. The fraction of sp³-hybridized carbons (Fsp3) is 0.583. The molecule has 2 aliphatic rings. The Morgan fingerprint density at radius 3 is 2.56 bits per heavy atom. The van der Waals surface area contributed by atoms with Crippen LogP contribution in [0.5, 0.6) is 0 Å². The monoisotopic (exact) mass is 568 g/mol. The van der Waals surface area contributed by atoms with Gasteiger partial charge in [0.05, 0.1) is 6.04 Å². The Morgan fingerprint density at radius 2 is 1.94 bits per heavy atom. The molecule has 2 aliphatic heterocycles. The largest absolute Gasteiger partial charge is 0.357 e. The number of aliphatic imine (C=N–C) groups is 1. The van der Waals surface area contributed by atoms with Crippen molar-refractivity contribution in [1.82, 2.24) is 20.5 Å². The SMILES string of the molecule is CN=C(NCc1ccc(N2CCC(C)CC2)nc1)NCC(c1cccs1)N1CCCC1.I. The van der Waals surface area contributed by atoms with Crippen molar-refractivity contribution in [2.45, 2.75) is 45.2 Å². The first-order chi connectivity index (χ1) is 15.2. The minimum Gasteiger partial charge on any atom is -0.357 e. The molecule has 2 aromatic rings. The van der Waals surface area contributed by atoms with E-state index in [4.69, 9.17) is 4.98 Å². The van der Waals surface area contributed by atoms with Gasteiger partial charge in [-0.25, -0.2) is 4.98 Å². The van der Waals surface area contributed by atoms with Gasteiger partial charge >= 0.3 is 0 Å². The van der Waals surface area contributed by atoms with Gasteiger partial charge < -0.3 is 15.5 Å². The third-order valence-electron chi connectivity index (χ3n) is 6.52. The molecule has 0 saturated carbocycles. The molecule has 4 heterocycles. The molecule has 0 radical (unpaired) electrons. The number of rotatable bonds is 7. The molecule has 4 rings (SSSR count). The number of hydrogen-bond acceptors (Lipinski definition) is 5. The molecule has 2 aromatic heterocycles. The topological polar surface area (TPSA) is 55.8 Å². The second kappa shape index (κ2) is 12.7. The van der Waals surface area contributed by atoms with E-state index in [2.05, 4.69) is 62.0 Å². The summed E-state index contributed by atoms with van der Waals surface area (Å²) in [4.78, 5) is 15.6. The number of nitrogens with one attached hydrogen (secondary N) is 2. The van der Waals surface area contributed by atoms with E-state index in [0.29, 0.717) is 6.04 Å². The third-order valence-corrected chi connectivity index (χ3v) is 7.49. The van der Waals surface area contributed by atoms with Crippen LogP contribution in [0.25, 0.3) is 0 Å². The lowest BCUT2D eigenvalue weighted by Crippen LogP contribution is -2.42. The van der Waals surface area contributed by atoms with Crippen molar-refractivity contribution in [3.63, 3.8) is 0 Å². The van der Waals surface area contributed by atoms with Crippen molar-refractivity contribution in [2.24, 2.45) is 10.9 Å². The fourth-order valence-corrected chi connectivity index (χ4v) is 5.35. The smallest absolute Gasteiger partial charge is 0.191 e. The Balaban J connectivity index is 0.00000289. The number of guanidine groups is 1. The third kappa shape index (κ3) is 6.81. The van der Waals surface area contributed by atoms with Crippen LogP contribution in [0, 0.1) is 5.92 Å². The summed E-state index contributed by atoms with van der Waals surface area (Å²) in [6.07, 6.45) is 7.11. The van der Waals surface area contributed by atoms with Gasteiger partial charge in [0.2, 0.25) is 0 Å². The van der Waals surface area contributed by atoms with Crippen molar-refractivity contribution >= 4 is 47.1 Å². The number of hydrogen-bond donors (Lipinski definition) is 2. The van der Waals surface area contributed by atoms with Crippen LogP contribution in [0.2, 0.25) is 0 Å². The van der Waals surface area contributed by atoms with Crippen molar-refractivity contribution in [3.05, 3.63) is 46.3 Å². The molecule has 0 spiro atoms. The molecule has 1 atom stereocenters. The second-order valence-electron chi connectivity index (χ2n) is 8.78. The number of likely N-dealkylation sites (tertiary alicyclic amines) is 1. The van der Waals surface area contributed by atoms with Crippen LogP contribution in [0.4, 0.5) is 5.82 Å². The van der Waals surface area contributed by atoms with E-state index in [-0.39, 0.29) is 24.0 Å². The molecule has 2 fully saturated rings. The van der Waals surface area contributed by atoms with Gasteiger partial charge in [0, 0.05) is 44.3 Å². The molecule has 0 amide bonds. The van der Waals surface area contributed by atoms with Gasteiger partial charge in [-0.15, -0.1) is 35.3 Å². The predicted octanol–water partition coefficient (Wildman–Crippen LogP) is 4.50. The Bertz CT molecular complexity index is 812. The van der Waals surface area contributed by atoms with Crippen LogP contribution in [0.1, 0.15) is 49.1 Å². The number of anilines is 1. The summed E-state index contributed by atoms with van der Waals surface area (Å²) in [5.74, 6) is 2.78. The first-order valence-electron chi connectivity index (χ1n) is 11.6. The molecule has 8 heteroatoms. The number of pyridine rings is 1. The molecule has 2 N–H and O–H groups in total. The van der Waals surface area contributed by atoms with Gasteiger partial charge in [0.1, 0.15) is 5.82 Å². The molecule has 6 nitrogen and oxygen atoms in total. The fourth-order valence-electron chi connectivity index (χ4n) is 4.49. The van der Waals surface area contributed by atoms with Crippen LogP contribution < -0.4 is 15.5 Å². The van der Waals surface area contributed by atoms with Crippen molar-refractivity contribution in [1.29, 1.82) is 0 Å². The number of halogens is 1. The Labute approximate surface area is 213 Å². The summed E-state index contributed by atoms with van der Waals surface area (Å²) in [5, 5.41) is 9.17. The first kappa shape index (κ1) is 25.2. The van der Waals surface area contributed by atoms with Gasteiger partial charge in [-0.2, -0.15) is 0 Å². The Morgan fingerprint density at radius 1 is 1.16 bits per heavy atom. The molecule has 32 heavy (non-hydrogen) atoms. The summed E-state index contributed by atoms with van der Waals surface area (Å²) in [6, 6.07) is 9.15. The quantitative estimate of drug-likeness (QED) is 0.293. The van der Waals surface area contributed by atoms with Gasteiger partial charge in [-0.3, -0.25) is 9.89 Å². The highest BCUT2D eigenvalue weighted by Gasteiger charge is 2.24. The number of nitrogens with zero attached hydrogens (tertiary/aromatic N) is 4. The van der Waals surface area contributed by atoms with Gasteiger partial charge in [0.15, 0.2) is 5.96 Å². The van der Waals surface area contributed by atoms with E-state index in [1.54, 1.807) is 0 Å². The minimum atomic E-state index is 0. The maximum absolute atomic E-state index is 4.71. The summed E-state index contributed by atoms with van der Waals surface area (Å²) in [7, 11) is 1.84. The summed E-state index contributed by atoms with van der Waals surface area (Å²) >= 11 is 1.85. The van der Waals surface area contributed by atoms with E-state index >= 15 is 0 Å². The highest BCUT2D eigenvalue weighted by molar-refractivity contribution is 14.0. The molecular formula is C24H37IN6S. The van der Waals surface area contributed by atoms with Crippen LogP contribution in [-0.2, 0) is 6.54 Å². The van der Waals surface area contributed by atoms with Crippen LogP contribution >= 0.6 is 35.3 Å². The first-order valence-corrected chi connectivity index (χ1v) is 12.5. The lowest BCUT2D eigenvalue weighted by atomic mass is 9.99.